The zero-order chi connectivity index (χ0) is 12.1. The molecule has 2 nitrogen and oxygen atoms in total. The predicted molar refractivity (Wildman–Crippen MR) is 63.9 cm³/mol. The van der Waals surface area contributed by atoms with Gasteiger partial charge in [-0.05, 0) is 31.0 Å². The molecule has 0 atom stereocenters. The Labute approximate surface area is 96.3 Å². The minimum Gasteiger partial charge on any atom is -0.372 e. The lowest BCUT2D eigenvalue weighted by atomic mass is 10.1. The SMILES string of the molecule is CCC(CC)N(C)c1ccc(C#N)c(F)c1. The molecule has 0 aliphatic rings. The molecule has 0 saturated carbocycles. The van der Waals surface area contributed by atoms with E-state index in [4.69, 9.17) is 5.26 Å². The first-order valence-electron chi connectivity index (χ1n) is 5.56. The lowest BCUT2D eigenvalue weighted by Crippen LogP contribution is -2.30. The van der Waals surface area contributed by atoms with E-state index >= 15 is 0 Å². The molecule has 0 radical (unpaired) electrons. The fourth-order valence-corrected chi connectivity index (χ4v) is 1.86. The molecule has 0 heterocycles. The Morgan fingerprint density at radius 2 is 2.00 bits per heavy atom. The molecule has 0 aromatic heterocycles. The van der Waals surface area contributed by atoms with E-state index < -0.39 is 5.82 Å². The van der Waals surface area contributed by atoms with Gasteiger partial charge in [0.1, 0.15) is 11.9 Å². The summed E-state index contributed by atoms with van der Waals surface area (Å²) in [7, 11) is 1.96. The van der Waals surface area contributed by atoms with Crippen LogP contribution in [0.1, 0.15) is 32.3 Å². The van der Waals surface area contributed by atoms with Crippen LogP contribution in [0.4, 0.5) is 10.1 Å². The van der Waals surface area contributed by atoms with Crippen LogP contribution in [0.2, 0.25) is 0 Å². The maximum absolute atomic E-state index is 13.4. The molecule has 0 aliphatic heterocycles. The van der Waals surface area contributed by atoms with Crippen molar-refractivity contribution in [3.63, 3.8) is 0 Å². The normalized spacial score (nSPS) is 10.2. The van der Waals surface area contributed by atoms with Gasteiger partial charge in [0.2, 0.25) is 0 Å². The molecule has 1 aromatic rings. The number of nitrogens with zero attached hydrogens (tertiary/aromatic N) is 2. The van der Waals surface area contributed by atoms with Crippen molar-refractivity contribution in [2.45, 2.75) is 32.7 Å². The van der Waals surface area contributed by atoms with Gasteiger partial charge in [0, 0.05) is 18.8 Å². The van der Waals surface area contributed by atoms with Crippen LogP contribution in [0.5, 0.6) is 0 Å². The van der Waals surface area contributed by atoms with Crippen LogP contribution in [0.3, 0.4) is 0 Å². The maximum atomic E-state index is 13.4. The van der Waals surface area contributed by atoms with Crippen LogP contribution in [-0.4, -0.2) is 13.1 Å². The Morgan fingerprint density at radius 3 is 2.44 bits per heavy atom. The van der Waals surface area contributed by atoms with Crippen LogP contribution in [0.25, 0.3) is 0 Å². The molecular weight excluding hydrogens is 203 g/mol. The van der Waals surface area contributed by atoms with Gasteiger partial charge in [-0.25, -0.2) is 4.39 Å². The summed E-state index contributed by atoms with van der Waals surface area (Å²) >= 11 is 0. The molecule has 0 aliphatic carbocycles. The van der Waals surface area contributed by atoms with Gasteiger partial charge in [-0.2, -0.15) is 5.26 Å². The summed E-state index contributed by atoms with van der Waals surface area (Å²) in [5.74, 6) is -0.446. The highest BCUT2D eigenvalue weighted by atomic mass is 19.1. The Kier molecular flexibility index (Phi) is 4.30. The smallest absolute Gasteiger partial charge is 0.143 e. The minimum atomic E-state index is -0.446. The van der Waals surface area contributed by atoms with Crippen molar-refractivity contribution in [3.8, 4) is 6.07 Å². The summed E-state index contributed by atoms with van der Waals surface area (Å²) in [5.41, 5.74) is 0.923. The molecule has 1 aromatic carbocycles. The zero-order valence-corrected chi connectivity index (χ0v) is 10.00. The molecule has 0 unspecified atom stereocenters. The molecule has 0 amide bonds. The van der Waals surface area contributed by atoms with Crippen LogP contribution in [-0.2, 0) is 0 Å². The van der Waals surface area contributed by atoms with Crippen molar-refractivity contribution in [2.75, 3.05) is 11.9 Å². The van der Waals surface area contributed by atoms with Crippen LogP contribution in [0.15, 0.2) is 18.2 Å². The predicted octanol–water partition coefficient (Wildman–Crippen LogP) is 3.32. The van der Waals surface area contributed by atoms with E-state index in [2.05, 4.69) is 18.7 Å². The Hall–Kier alpha value is -1.56. The van der Waals surface area contributed by atoms with E-state index in [9.17, 15) is 4.39 Å². The number of hydrogen-bond acceptors (Lipinski definition) is 2. The van der Waals surface area contributed by atoms with Crippen molar-refractivity contribution < 1.29 is 4.39 Å². The molecule has 0 bridgehead atoms. The topological polar surface area (TPSA) is 27.0 Å². The minimum absolute atomic E-state index is 0.0988. The van der Waals surface area contributed by atoms with Crippen LogP contribution < -0.4 is 4.90 Å². The van der Waals surface area contributed by atoms with Crippen molar-refractivity contribution in [1.82, 2.24) is 0 Å². The fraction of sp³-hybridized carbons (Fsp3) is 0.462. The number of benzene rings is 1. The standard InChI is InChI=1S/C13H17FN2/c1-4-11(5-2)16(3)12-7-6-10(9-15)13(14)8-12/h6-8,11H,4-5H2,1-3H3. The van der Waals surface area contributed by atoms with Crippen LogP contribution >= 0.6 is 0 Å². The highest BCUT2D eigenvalue weighted by molar-refractivity contribution is 5.50. The van der Waals surface area contributed by atoms with Crippen molar-refractivity contribution in [3.05, 3.63) is 29.6 Å². The number of hydrogen-bond donors (Lipinski definition) is 0. The molecule has 0 saturated heterocycles. The van der Waals surface area contributed by atoms with E-state index in [1.807, 2.05) is 13.1 Å². The van der Waals surface area contributed by atoms with Gasteiger partial charge in [0.05, 0.1) is 5.56 Å². The molecule has 3 heteroatoms. The molecule has 86 valence electrons. The van der Waals surface area contributed by atoms with E-state index in [-0.39, 0.29) is 5.56 Å². The van der Waals surface area contributed by atoms with Gasteiger partial charge in [0.25, 0.3) is 0 Å². The zero-order valence-electron chi connectivity index (χ0n) is 10.00. The van der Waals surface area contributed by atoms with Gasteiger partial charge in [-0.15, -0.1) is 0 Å². The lowest BCUT2D eigenvalue weighted by molar-refractivity contribution is 0.586. The van der Waals surface area contributed by atoms with Gasteiger partial charge < -0.3 is 4.90 Å². The quantitative estimate of drug-likeness (QED) is 0.778. The van der Waals surface area contributed by atoms with Gasteiger partial charge >= 0.3 is 0 Å². The first-order chi connectivity index (χ1) is 7.63. The van der Waals surface area contributed by atoms with Crippen molar-refractivity contribution >= 4 is 5.69 Å². The van der Waals surface area contributed by atoms with Gasteiger partial charge in [-0.1, -0.05) is 13.8 Å². The monoisotopic (exact) mass is 220 g/mol. The third kappa shape index (κ3) is 2.52. The fourth-order valence-electron chi connectivity index (χ4n) is 1.86. The average Bonchev–Trinajstić information content (AvgIpc) is 2.30. The summed E-state index contributed by atoms with van der Waals surface area (Å²) in [4.78, 5) is 2.06. The second-order valence-electron chi connectivity index (χ2n) is 3.86. The first-order valence-corrected chi connectivity index (χ1v) is 5.56. The van der Waals surface area contributed by atoms with Crippen molar-refractivity contribution in [1.29, 1.82) is 5.26 Å². The molecule has 0 N–H and O–H groups in total. The third-order valence-corrected chi connectivity index (χ3v) is 2.97. The van der Waals surface area contributed by atoms with Crippen LogP contribution in [0, 0.1) is 17.1 Å². The second kappa shape index (κ2) is 5.50. The molecule has 1 rings (SSSR count). The van der Waals surface area contributed by atoms with E-state index in [0.29, 0.717) is 6.04 Å². The summed E-state index contributed by atoms with van der Waals surface area (Å²) < 4.78 is 13.4. The summed E-state index contributed by atoms with van der Waals surface area (Å²) in [5, 5.41) is 8.65. The van der Waals surface area contributed by atoms with Crippen molar-refractivity contribution in [2.24, 2.45) is 0 Å². The van der Waals surface area contributed by atoms with E-state index in [1.54, 1.807) is 6.07 Å². The summed E-state index contributed by atoms with van der Waals surface area (Å²) in [6.07, 6.45) is 2.04. The highest BCUT2D eigenvalue weighted by Gasteiger charge is 2.12. The maximum Gasteiger partial charge on any atom is 0.143 e. The Morgan fingerprint density at radius 1 is 1.38 bits per heavy atom. The van der Waals surface area contributed by atoms with E-state index in [0.717, 1.165) is 18.5 Å². The first kappa shape index (κ1) is 12.5. The Balaban J connectivity index is 2.97. The lowest BCUT2D eigenvalue weighted by Gasteiger charge is -2.28. The molecular formula is C13H17FN2. The summed E-state index contributed by atoms with van der Waals surface area (Å²) in [6, 6.07) is 6.99. The highest BCUT2D eigenvalue weighted by Crippen LogP contribution is 2.21. The molecule has 16 heavy (non-hydrogen) atoms. The van der Waals surface area contributed by atoms with Gasteiger partial charge in [-0.3, -0.25) is 0 Å². The third-order valence-electron chi connectivity index (χ3n) is 2.97. The average molecular weight is 220 g/mol. The largest absolute Gasteiger partial charge is 0.372 e. The summed E-state index contributed by atoms with van der Waals surface area (Å²) in [6.45, 7) is 4.23. The van der Waals surface area contributed by atoms with Gasteiger partial charge in [0.15, 0.2) is 0 Å². The second-order valence-corrected chi connectivity index (χ2v) is 3.86. The Bertz CT molecular complexity index is 391. The number of halogens is 1. The van der Waals surface area contributed by atoms with E-state index in [1.165, 1.54) is 12.1 Å². The number of rotatable bonds is 4. The number of anilines is 1. The number of nitriles is 1. The molecule has 0 fully saturated rings. The molecule has 0 spiro atoms.